The van der Waals surface area contributed by atoms with Gasteiger partial charge in [0.1, 0.15) is 11.8 Å². The van der Waals surface area contributed by atoms with Crippen LogP contribution in [0.2, 0.25) is 0 Å². The molecule has 3 aromatic rings. The minimum Gasteiger partial charge on any atom is -0.497 e. The lowest BCUT2D eigenvalue weighted by Gasteiger charge is -2.32. The zero-order valence-corrected chi connectivity index (χ0v) is 18.7. The number of carbonyl (C=O) groups excluding carboxylic acids is 1. The highest BCUT2D eigenvalue weighted by Crippen LogP contribution is 2.41. The second-order valence-corrected chi connectivity index (χ2v) is 8.79. The van der Waals surface area contributed by atoms with E-state index in [-0.39, 0.29) is 17.5 Å². The van der Waals surface area contributed by atoms with Gasteiger partial charge in [0.25, 0.3) is 5.69 Å². The lowest BCUT2D eigenvalue weighted by Crippen LogP contribution is -2.31. The number of anilines is 1. The number of nitrogens with one attached hydrogen (secondary N) is 1. The van der Waals surface area contributed by atoms with Crippen molar-refractivity contribution < 1.29 is 14.5 Å². The summed E-state index contributed by atoms with van der Waals surface area (Å²) in [7, 11) is 1.62. The number of allylic oxidation sites excluding steroid dienone is 2. The Labute approximate surface area is 194 Å². The lowest BCUT2D eigenvalue weighted by molar-refractivity contribution is -0.384. The number of benzene rings is 2. The number of hydrogen-bond donors (Lipinski definition) is 1. The third kappa shape index (κ3) is 4.09. The fourth-order valence-electron chi connectivity index (χ4n) is 4.15. The Kier molecular flexibility index (Phi) is 5.59. The number of non-ortho nitro benzene ring substituents is 1. The standard InChI is InChI=1S/C23H21N5O4S/c1-32-17-11-7-15(8-12-17)21-20-18(3-2-4-19(20)29)24-22-25-23(26-27(21)22)33-13-14-5-9-16(10-6-14)28(30)31/h5-12,21H,2-4,13H2,1H3,(H,24,25,26)/t21-/m1/s1. The number of fused-ring (bicyclic) bond motifs is 1. The number of aromatic nitrogens is 3. The molecule has 0 bridgehead atoms. The molecular weight excluding hydrogens is 442 g/mol. The highest BCUT2D eigenvalue weighted by molar-refractivity contribution is 7.98. The summed E-state index contributed by atoms with van der Waals surface area (Å²) in [6.45, 7) is 0. The Bertz CT molecular complexity index is 1250. The molecule has 1 aliphatic carbocycles. The van der Waals surface area contributed by atoms with Crippen molar-refractivity contribution in [2.75, 3.05) is 12.4 Å². The van der Waals surface area contributed by atoms with Crippen LogP contribution in [0.25, 0.3) is 0 Å². The normalized spacial score (nSPS) is 17.2. The first-order chi connectivity index (χ1) is 16.0. The summed E-state index contributed by atoms with van der Waals surface area (Å²) in [6.07, 6.45) is 2.14. The highest BCUT2D eigenvalue weighted by atomic mass is 32.2. The molecule has 1 aliphatic heterocycles. The molecule has 168 valence electrons. The van der Waals surface area contributed by atoms with Crippen LogP contribution >= 0.6 is 11.8 Å². The predicted molar refractivity (Wildman–Crippen MR) is 123 cm³/mol. The van der Waals surface area contributed by atoms with Gasteiger partial charge in [-0.3, -0.25) is 14.9 Å². The van der Waals surface area contributed by atoms with Gasteiger partial charge in [-0.1, -0.05) is 36.0 Å². The molecular formula is C23H21N5O4S. The summed E-state index contributed by atoms with van der Waals surface area (Å²) in [5, 5.41) is 19.5. The molecule has 1 aromatic heterocycles. The van der Waals surface area contributed by atoms with E-state index in [1.165, 1.54) is 23.9 Å². The van der Waals surface area contributed by atoms with Gasteiger partial charge >= 0.3 is 0 Å². The Morgan fingerprint density at radius 1 is 1.18 bits per heavy atom. The summed E-state index contributed by atoms with van der Waals surface area (Å²) in [5.41, 5.74) is 3.60. The average Bonchev–Trinajstić information content (AvgIpc) is 3.24. The van der Waals surface area contributed by atoms with Crippen LogP contribution in [0.5, 0.6) is 5.75 Å². The van der Waals surface area contributed by atoms with Crippen LogP contribution in [0.4, 0.5) is 11.6 Å². The van der Waals surface area contributed by atoms with Crippen molar-refractivity contribution in [3.8, 4) is 5.75 Å². The van der Waals surface area contributed by atoms with E-state index in [9.17, 15) is 14.9 Å². The van der Waals surface area contributed by atoms with Crippen LogP contribution in [-0.4, -0.2) is 32.6 Å². The molecule has 2 aliphatic rings. The molecule has 0 fully saturated rings. The van der Waals surface area contributed by atoms with Gasteiger partial charge in [0, 0.05) is 35.6 Å². The zero-order valence-electron chi connectivity index (χ0n) is 17.9. The van der Waals surface area contributed by atoms with E-state index < -0.39 is 4.92 Å². The summed E-state index contributed by atoms with van der Waals surface area (Å²) >= 11 is 1.44. The van der Waals surface area contributed by atoms with Crippen molar-refractivity contribution in [1.82, 2.24) is 14.8 Å². The van der Waals surface area contributed by atoms with Crippen molar-refractivity contribution in [2.24, 2.45) is 0 Å². The summed E-state index contributed by atoms with van der Waals surface area (Å²) in [4.78, 5) is 28.0. The van der Waals surface area contributed by atoms with E-state index in [4.69, 9.17) is 9.84 Å². The quantitative estimate of drug-likeness (QED) is 0.323. The number of methoxy groups -OCH3 is 1. The summed E-state index contributed by atoms with van der Waals surface area (Å²) in [5.74, 6) is 2.05. The average molecular weight is 464 g/mol. The third-order valence-electron chi connectivity index (χ3n) is 5.80. The van der Waals surface area contributed by atoms with Gasteiger partial charge < -0.3 is 10.1 Å². The smallest absolute Gasteiger partial charge is 0.269 e. The van der Waals surface area contributed by atoms with Crippen LogP contribution in [0.1, 0.15) is 36.4 Å². The van der Waals surface area contributed by atoms with E-state index in [1.54, 1.807) is 23.9 Å². The van der Waals surface area contributed by atoms with Crippen LogP contribution in [0.3, 0.4) is 0 Å². The fraction of sp³-hybridized carbons (Fsp3) is 0.261. The van der Waals surface area contributed by atoms with Crippen molar-refractivity contribution in [1.29, 1.82) is 0 Å². The summed E-state index contributed by atoms with van der Waals surface area (Å²) < 4.78 is 7.07. The minimum atomic E-state index is -0.414. The number of rotatable bonds is 6. The SMILES string of the molecule is COc1ccc([C@@H]2C3=C(CCCC3=O)Nc3nc(SCc4ccc([N+](=O)[O-])cc4)nn32)cc1. The molecule has 0 amide bonds. The van der Waals surface area contributed by atoms with Crippen molar-refractivity contribution in [2.45, 2.75) is 36.2 Å². The van der Waals surface area contributed by atoms with E-state index in [1.807, 2.05) is 24.3 Å². The molecule has 2 aromatic carbocycles. The Morgan fingerprint density at radius 2 is 1.94 bits per heavy atom. The molecule has 0 saturated heterocycles. The van der Waals surface area contributed by atoms with Gasteiger partial charge in [-0.2, -0.15) is 4.98 Å². The van der Waals surface area contributed by atoms with Gasteiger partial charge in [-0.15, -0.1) is 5.10 Å². The maximum Gasteiger partial charge on any atom is 0.269 e. The number of nitro benzene ring substituents is 1. The van der Waals surface area contributed by atoms with Crippen molar-refractivity contribution in [3.63, 3.8) is 0 Å². The highest BCUT2D eigenvalue weighted by Gasteiger charge is 2.36. The molecule has 1 atom stereocenters. The Hall–Kier alpha value is -3.66. The molecule has 9 nitrogen and oxygen atoms in total. The fourth-order valence-corrected chi connectivity index (χ4v) is 4.94. The van der Waals surface area contributed by atoms with Crippen LogP contribution in [0, 0.1) is 10.1 Å². The lowest BCUT2D eigenvalue weighted by atomic mass is 9.85. The maximum absolute atomic E-state index is 12.9. The molecule has 0 saturated carbocycles. The molecule has 0 unspecified atom stereocenters. The first-order valence-electron chi connectivity index (χ1n) is 10.5. The Morgan fingerprint density at radius 3 is 2.64 bits per heavy atom. The van der Waals surface area contributed by atoms with Crippen LogP contribution < -0.4 is 10.1 Å². The van der Waals surface area contributed by atoms with E-state index in [0.717, 1.165) is 41.0 Å². The zero-order chi connectivity index (χ0) is 22.9. The molecule has 2 heterocycles. The van der Waals surface area contributed by atoms with E-state index in [2.05, 4.69) is 10.3 Å². The minimum absolute atomic E-state index is 0.0622. The molecule has 0 radical (unpaired) electrons. The number of hydrogen-bond acceptors (Lipinski definition) is 8. The molecule has 5 rings (SSSR count). The molecule has 10 heteroatoms. The van der Waals surface area contributed by atoms with Crippen LogP contribution in [-0.2, 0) is 10.5 Å². The van der Waals surface area contributed by atoms with Gasteiger partial charge in [0.2, 0.25) is 11.1 Å². The number of ketones is 1. The van der Waals surface area contributed by atoms with Crippen molar-refractivity contribution >= 4 is 29.2 Å². The van der Waals surface area contributed by atoms with Gasteiger partial charge in [0.05, 0.1) is 12.0 Å². The summed E-state index contributed by atoms with van der Waals surface area (Å²) in [6, 6.07) is 13.8. The van der Waals surface area contributed by atoms with Crippen LogP contribution in [0.15, 0.2) is 65.0 Å². The monoisotopic (exact) mass is 463 g/mol. The first kappa shape index (κ1) is 21.2. The van der Waals surface area contributed by atoms with Crippen molar-refractivity contribution in [3.05, 3.63) is 81.0 Å². The Balaban J connectivity index is 1.44. The number of nitro groups is 1. The number of nitrogens with zero attached hydrogens (tertiary/aromatic N) is 4. The number of ether oxygens (including phenoxy) is 1. The number of Topliss-reactive ketones (excluding diaryl/α,β-unsaturated/α-hetero) is 1. The second-order valence-electron chi connectivity index (χ2n) is 7.84. The third-order valence-corrected chi connectivity index (χ3v) is 6.70. The number of thioether (sulfide) groups is 1. The van der Waals surface area contributed by atoms with E-state index in [0.29, 0.717) is 23.3 Å². The number of carbonyl (C=O) groups is 1. The molecule has 1 N–H and O–H groups in total. The predicted octanol–water partition coefficient (Wildman–Crippen LogP) is 4.51. The first-order valence-corrected chi connectivity index (χ1v) is 11.5. The van der Waals surface area contributed by atoms with Gasteiger partial charge in [-0.05, 0) is 36.1 Å². The topological polar surface area (TPSA) is 112 Å². The largest absolute Gasteiger partial charge is 0.497 e. The van der Waals surface area contributed by atoms with E-state index >= 15 is 0 Å². The maximum atomic E-state index is 12.9. The molecule has 0 spiro atoms. The second kappa shape index (κ2) is 8.70. The molecule has 33 heavy (non-hydrogen) atoms. The van der Waals surface area contributed by atoms with Gasteiger partial charge in [-0.25, -0.2) is 4.68 Å². The van der Waals surface area contributed by atoms with Gasteiger partial charge in [0.15, 0.2) is 5.78 Å².